The zero-order valence-corrected chi connectivity index (χ0v) is 17.1. The Balaban J connectivity index is 1.66. The summed E-state index contributed by atoms with van der Waals surface area (Å²) in [6.07, 6.45) is 4.40. The Labute approximate surface area is 173 Å². The summed E-state index contributed by atoms with van der Waals surface area (Å²) >= 11 is 0. The minimum absolute atomic E-state index is 0.170. The Bertz CT molecular complexity index is 1330. The lowest BCUT2D eigenvalue weighted by atomic mass is 10.1. The maximum atomic E-state index is 12.8. The van der Waals surface area contributed by atoms with Gasteiger partial charge in [0.2, 0.25) is 0 Å². The third-order valence-corrected chi connectivity index (χ3v) is 5.12. The van der Waals surface area contributed by atoms with Gasteiger partial charge >= 0.3 is 0 Å². The highest BCUT2D eigenvalue weighted by Gasteiger charge is 2.17. The highest BCUT2D eigenvalue weighted by atomic mass is 16.2. The molecule has 0 spiro atoms. The van der Waals surface area contributed by atoms with Crippen molar-refractivity contribution in [3.8, 4) is 0 Å². The highest BCUT2D eigenvalue weighted by Crippen LogP contribution is 2.21. The molecule has 0 aliphatic heterocycles. The molecule has 2 heterocycles. The van der Waals surface area contributed by atoms with E-state index in [1.165, 1.54) is 10.2 Å². The maximum Gasteiger partial charge on any atom is 0.292 e. The Morgan fingerprint density at radius 2 is 1.90 bits per heavy atom. The second kappa shape index (κ2) is 7.94. The van der Waals surface area contributed by atoms with Crippen molar-refractivity contribution in [2.75, 3.05) is 0 Å². The van der Waals surface area contributed by atoms with E-state index in [2.05, 4.69) is 33.6 Å². The van der Waals surface area contributed by atoms with E-state index in [1.807, 2.05) is 32.2 Å². The van der Waals surface area contributed by atoms with Crippen LogP contribution in [0.1, 0.15) is 48.4 Å². The van der Waals surface area contributed by atoms with Crippen molar-refractivity contribution in [2.24, 2.45) is 5.10 Å². The van der Waals surface area contributed by atoms with E-state index >= 15 is 0 Å². The first-order valence-electron chi connectivity index (χ1n) is 9.95. The molecule has 2 N–H and O–H groups in total. The van der Waals surface area contributed by atoms with Crippen molar-refractivity contribution in [2.45, 2.75) is 33.2 Å². The van der Waals surface area contributed by atoms with Gasteiger partial charge in [0, 0.05) is 28.0 Å². The van der Waals surface area contributed by atoms with Crippen LogP contribution >= 0.6 is 0 Å². The third-order valence-electron chi connectivity index (χ3n) is 5.12. The van der Waals surface area contributed by atoms with Gasteiger partial charge in [-0.3, -0.25) is 9.59 Å². The summed E-state index contributed by atoms with van der Waals surface area (Å²) in [5.41, 5.74) is 5.68. The first-order chi connectivity index (χ1) is 14.5. The van der Waals surface area contributed by atoms with Crippen LogP contribution in [0.25, 0.3) is 21.7 Å². The molecule has 0 radical (unpaired) electrons. The molecule has 0 aliphatic carbocycles. The van der Waals surface area contributed by atoms with Gasteiger partial charge in [-0.2, -0.15) is 10.2 Å². The second-order valence-corrected chi connectivity index (χ2v) is 7.37. The van der Waals surface area contributed by atoms with Crippen LogP contribution in [0, 0.1) is 0 Å². The molecular formula is C23H23N5O2. The number of fused-ring (bicyclic) bond motifs is 2. The van der Waals surface area contributed by atoms with Crippen LogP contribution in [0.15, 0.2) is 58.6 Å². The lowest BCUT2D eigenvalue weighted by Gasteiger charge is -2.12. The molecule has 7 heteroatoms. The number of benzene rings is 2. The van der Waals surface area contributed by atoms with Crippen molar-refractivity contribution in [3.05, 3.63) is 75.8 Å². The number of amides is 1. The van der Waals surface area contributed by atoms with E-state index in [9.17, 15) is 9.59 Å². The Kier molecular flexibility index (Phi) is 5.18. The quantitative estimate of drug-likeness (QED) is 0.394. The van der Waals surface area contributed by atoms with E-state index < -0.39 is 5.91 Å². The minimum Gasteiger partial charge on any atom is -0.360 e. The van der Waals surface area contributed by atoms with Crippen molar-refractivity contribution >= 4 is 33.8 Å². The van der Waals surface area contributed by atoms with Crippen LogP contribution in [0.5, 0.6) is 0 Å². The smallest absolute Gasteiger partial charge is 0.292 e. The van der Waals surface area contributed by atoms with Crippen LogP contribution in [-0.4, -0.2) is 26.9 Å². The first kappa shape index (κ1) is 19.6. The van der Waals surface area contributed by atoms with Crippen molar-refractivity contribution in [1.29, 1.82) is 0 Å². The largest absolute Gasteiger partial charge is 0.360 e. The lowest BCUT2D eigenvalue weighted by Crippen LogP contribution is -2.30. The average Bonchev–Trinajstić information content (AvgIpc) is 3.17. The number of H-pyrrole nitrogens is 1. The summed E-state index contributed by atoms with van der Waals surface area (Å²) in [5.74, 6) is -0.467. The molecule has 2 aromatic heterocycles. The maximum absolute atomic E-state index is 12.8. The molecule has 0 saturated carbocycles. The molecular weight excluding hydrogens is 378 g/mol. The fourth-order valence-corrected chi connectivity index (χ4v) is 3.58. The number of nitrogens with one attached hydrogen (secondary N) is 2. The number of carbonyl (C=O) groups is 1. The SMILES string of the molecule is CCc1cccc2c(/C=N/NC(=O)c3nn(C(C)C)c(=O)c4ccccc34)c[nH]c12. The summed E-state index contributed by atoms with van der Waals surface area (Å²) in [5, 5.41) is 10.4. The number of aryl methyl sites for hydroxylation is 1. The fourth-order valence-electron chi connectivity index (χ4n) is 3.58. The monoisotopic (exact) mass is 401 g/mol. The molecule has 152 valence electrons. The highest BCUT2D eigenvalue weighted by molar-refractivity contribution is 6.05. The van der Waals surface area contributed by atoms with Gasteiger partial charge in [-0.1, -0.05) is 43.3 Å². The summed E-state index contributed by atoms with van der Waals surface area (Å²) in [6, 6.07) is 12.9. The lowest BCUT2D eigenvalue weighted by molar-refractivity contribution is 0.0949. The normalized spacial score (nSPS) is 11.7. The van der Waals surface area contributed by atoms with Crippen molar-refractivity contribution in [1.82, 2.24) is 20.2 Å². The molecule has 4 rings (SSSR count). The molecule has 30 heavy (non-hydrogen) atoms. The van der Waals surface area contributed by atoms with Gasteiger partial charge in [-0.15, -0.1) is 0 Å². The summed E-state index contributed by atoms with van der Waals surface area (Å²) in [4.78, 5) is 28.7. The molecule has 7 nitrogen and oxygen atoms in total. The van der Waals surface area contributed by atoms with Gasteiger partial charge in [0.1, 0.15) is 0 Å². The molecule has 0 unspecified atom stereocenters. The number of aromatic amines is 1. The molecule has 0 bridgehead atoms. The van der Waals surface area contributed by atoms with Crippen LogP contribution in [-0.2, 0) is 6.42 Å². The van der Waals surface area contributed by atoms with E-state index in [4.69, 9.17) is 0 Å². The van der Waals surface area contributed by atoms with Gasteiger partial charge in [0.05, 0.1) is 17.6 Å². The van der Waals surface area contributed by atoms with Crippen molar-refractivity contribution in [3.63, 3.8) is 0 Å². The van der Waals surface area contributed by atoms with E-state index in [0.29, 0.717) is 10.8 Å². The molecule has 0 fully saturated rings. The van der Waals surface area contributed by atoms with Crippen LogP contribution in [0.2, 0.25) is 0 Å². The fraction of sp³-hybridized carbons (Fsp3) is 0.217. The molecule has 1 amide bonds. The van der Waals surface area contributed by atoms with Crippen LogP contribution < -0.4 is 11.0 Å². The standard InChI is InChI=1S/C23H23N5O2/c1-4-15-8-7-11-17-16(12-24-20(15)17)13-25-26-22(29)21-18-9-5-6-10-19(18)23(30)28(27-21)14(2)3/h5-14,24H,4H2,1-3H3,(H,26,29)/b25-13+. The Hall–Kier alpha value is -3.74. The molecule has 0 saturated heterocycles. The predicted octanol–water partition coefficient (Wildman–Crippen LogP) is 3.79. The van der Waals surface area contributed by atoms with E-state index in [1.54, 1.807) is 30.5 Å². The number of hydrogen-bond donors (Lipinski definition) is 2. The number of carbonyl (C=O) groups excluding carboxylic acids is 1. The molecule has 0 atom stereocenters. The summed E-state index contributed by atoms with van der Waals surface area (Å²) in [6.45, 7) is 5.81. The van der Waals surface area contributed by atoms with Gasteiger partial charge in [0.15, 0.2) is 5.69 Å². The Morgan fingerprint density at radius 1 is 1.17 bits per heavy atom. The summed E-state index contributed by atoms with van der Waals surface area (Å²) < 4.78 is 1.33. The van der Waals surface area contributed by atoms with E-state index in [0.717, 1.165) is 22.9 Å². The minimum atomic E-state index is -0.467. The topological polar surface area (TPSA) is 92.1 Å². The summed E-state index contributed by atoms with van der Waals surface area (Å²) in [7, 11) is 0. The predicted molar refractivity (Wildman–Crippen MR) is 119 cm³/mol. The van der Waals surface area contributed by atoms with Gasteiger partial charge in [-0.25, -0.2) is 10.1 Å². The van der Waals surface area contributed by atoms with Crippen LogP contribution in [0.4, 0.5) is 0 Å². The van der Waals surface area contributed by atoms with Gasteiger partial charge in [-0.05, 0) is 31.9 Å². The molecule has 2 aromatic carbocycles. The number of para-hydroxylation sites is 1. The van der Waals surface area contributed by atoms with Crippen LogP contribution in [0.3, 0.4) is 0 Å². The first-order valence-corrected chi connectivity index (χ1v) is 9.95. The number of hydrogen-bond acceptors (Lipinski definition) is 4. The molecule has 4 aromatic rings. The number of nitrogens with zero attached hydrogens (tertiary/aromatic N) is 3. The van der Waals surface area contributed by atoms with Gasteiger partial charge < -0.3 is 4.98 Å². The third kappa shape index (κ3) is 3.39. The van der Waals surface area contributed by atoms with Crippen molar-refractivity contribution < 1.29 is 4.79 Å². The number of hydrazone groups is 1. The average molecular weight is 401 g/mol. The number of aromatic nitrogens is 3. The van der Waals surface area contributed by atoms with E-state index in [-0.39, 0.29) is 17.3 Å². The zero-order chi connectivity index (χ0) is 21.3. The Morgan fingerprint density at radius 3 is 2.63 bits per heavy atom. The molecule has 0 aliphatic rings. The second-order valence-electron chi connectivity index (χ2n) is 7.37. The number of rotatable bonds is 5. The zero-order valence-electron chi connectivity index (χ0n) is 17.1. The van der Waals surface area contributed by atoms with Gasteiger partial charge in [0.25, 0.3) is 11.5 Å².